The van der Waals surface area contributed by atoms with E-state index < -0.39 is 0 Å². The molecule has 3 nitrogen and oxygen atoms in total. The van der Waals surface area contributed by atoms with Gasteiger partial charge in [-0.15, -0.1) is 0 Å². The number of nitrogens with zero attached hydrogens (tertiary/aromatic N) is 1. The van der Waals surface area contributed by atoms with Gasteiger partial charge < -0.3 is 10.2 Å². The molecule has 1 aliphatic rings. The van der Waals surface area contributed by atoms with Crippen molar-refractivity contribution in [3.05, 3.63) is 35.9 Å². The number of hydrogen-bond donors (Lipinski definition) is 1. The molecular weight excluding hydrogens is 248 g/mol. The summed E-state index contributed by atoms with van der Waals surface area (Å²) in [5, 5.41) is 3.34. The average Bonchev–Trinajstić information content (AvgIpc) is 2.49. The molecule has 0 aromatic heterocycles. The molecule has 0 atom stereocenters. The van der Waals surface area contributed by atoms with E-state index in [1.807, 2.05) is 11.0 Å². The third kappa shape index (κ3) is 3.60. The Morgan fingerprint density at radius 1 is 1.25 bits per heavy atom. The molecule has 0 bridgehead atoms. The van der Waals surface area contributed by atoms with Gasteiger partial charge in [0.15, 0.2) is 0 Å². The van der Waals surface area contributed by atoms with Crippen LogP contribution < -0.4 is 5.32 Å². The highest BCUT2D eigenvalue weighted by Crippen LogP contribution is 2.30. The number of nitrogens with one attached hydrogen (secondary N) is 1. The number of rotatable bonds is 5. The van der Waals surface area contributed by atoms with Crippen molar-refractivity contribution >= 4 is 5.91 Å². The number of carbonyl (C=O) groups is 1. The lowest BCUT2D eigenvalue weighted by Gasteiger charge is -2.37. The number of carbonyl (C=O) groups excluding carboxylic acids is 1. The van der Waals surface area contributed by atoms with Crippen LogP contribution in [0.4, 0.5) is 0 Å². The van der Waals surface area contributed by atoms with Crippen LogP contribution in [0, 0.1) is 5.41 Å². The van der Waals surface area contributed by atoms with Crippen molar-refractivity contribution in [1.82, 2.24) is 10.2 Å². The summed E-state index contributed by atoms with van der Waals surface area (Å²) >= 11 is 0. The fourth-order valence-corrected chi connectivity index (χ4v) is 2.89. The fourth-order valence-electron chi connectivity index (χ4n) is 2.89. The first-order chi connectivity index (χ1) is 9.65. The van der Waals surface area contributed by atoms with Gasteiger partial charge in [0.25, 0.3) is 0 Å². The van der Waals surface area contributed by atoms with Gasteiger partial charge in [-0.3, -0.25) is 4.79 Å². The zero-order chi connectivity index (χ0) is 14.4. The van der Waals surface area contributed by atoms with Gasteiger partial charge in [-0.2, -0.15) is 0 Å². The SMILES string of the molecule is CCN(CCc1ccccc1)C(=O)C1(C)CCNCC1. The molecule has 1 aliphatic heterocycles. The van der Waals surface area contributed by atoms with Crippen molar-refractivity contribution < 1.29 is 4.79 Å². The quantitative estimate of drug-likeness (QED) is 0.894. The summed E-state index contributed by atoms with van der Waals surface area (Å²) < 4.78 is 0. The van der Waals surface area contributed by atoms with Crippen LogP contribution in [-0.4, -0.2) is 37.0 Å². The van der Waals surface area contributed by atoms with Gasteiger partial charge in [0.1, 0.15) is 0 Å². The molecule has 1 fully saturated rings. The topological polar surface area (TPSA) is 32.3 Å². The molecule has 1 amide bonds. The van der Waals surface area contributed by atoms with E-state index in [2.05, 4.69) is 43.4 Å². The number of amides is 1. The zero-order valence-corrected chi connectivity index (χ0v) is 12.7. The van der Waals surface area contributed by atoms with Crippen molar-refractivity contribution in [2.75, 3.05) is 26.2 Å². The molecule has 0 radical (unpaired) electrons. The molecule has 1 heterocycles. The van der Waals surface area contributed by atoms with Crippen molar-refractivity contribution in [3.8, 4) is 0 Å². The van der Waals surface area contributed by atoms with E-state index in [9.17, 15) is 4.79 Å². The van der Waals surface area contributed by atoms with Crippen LogP contribution in [0.15, 0.2) is 30.3 Å². The molecule has 0 saturated carbocycles. The fraction of sp³-hybridized carbons (Fsp3) is 0.588. The Balaban J connectivity index is 1.95. The van der Waals surface area contributed by atoms with Crippen molar-refractivity contribution in [3.63, 3.8) is 0 Å². The Bertz CT molecular complexity index is 424. The van der Waals surface area contributed by atoms with Gasteiger partial charge in [-0.25, -0.2) is 0 Å². The first kappa shape index (κ1) is 15.0. The van der Waals surface area contributed by atoms with Gasteiger partial charge in [-0.1, -0.05) is 37.3 Å². The normalized spacial score (nSPS) is 17.7. The number of piperidine rings is 1. The van der Waals surface area contributed by atoms with E-state index in [1.165, 1.54) is 5.56 Å². The van der Waals surface area contributed by atoms with E-state index >= 15 is 0 Å². The molecule has 3 heteroatoms. The summed E-state index contributed by atoms with van der Waals surface area (Å²) in [7, 11) is 0. The van der Waals surface area contributed by atoms with Gasteiger partial charge in [-0.05, 0) is 44.8 Å². The lowest BCUT2D eigenvalue weighted by atomic mass is 9.79. The zero-order valence-electron chi connectivity index (χ0n) is 12.7. The second-order valence-corrected chi connectivity index (χ2v) is 5.93. The Morgan fingerprint density at radius 3 is 2.50 bits per heavy atom. The van der Waals surface area contributed by atoms with Crippen LogP contribution in [0.3, 0.4) is 0 Å². The summed E-state index contributed by atoms with van der Waals surface area (Å²) in [5.41, 5.74) is 1.13. The van der Waals surface area contributed by atoms with Crippen molar-refractivity contribution in [1.29, 1.82) is 0 Å². The highest BCUT2D eigenvalue weighted by atomic mass is 16.2. The Labute approximate surface area is 122 Å². The molecule has 0 unspecified atom stereocenters. The molecule has 1 saturated heterocycles. The van der Waals surface area contributed by atoms with Gasteiger partial charge in [0, 0.05) is 18.5 Å². The Morgan fingerprint density at radius 2 is 1.90 bits per heavy atom. The summed E-state index contributed by atoms with van der Waals surface area (Å²) in [5.74, 6) is 0.331. The minimum absolute atomic E-state index is 0.169. The van der Waals surface area contributed by atoms with E-state index in [1.54, 1.807) is 0 Å². The molecule has 20 heavy (non-hydrogen) atoms. The highest BCUT2D eigenvalue weighted by Gasteiger charge is 2.36. The van der Waals surface area contributed by atoms with Crippen LogP contribution in [0.1, 0.15) is 32.3 Å². The monoisotopic (exact) mass is 274 g/mol. The minimum atomic E-state index is -0.169. The summed E-state index contributed by atoms with van der Waals surface area (Å²) in [6, 6.07) is 10.4. The van der Waals surface area contributed by atoms with Crippen molar-refractivity contribution in [2.24, 2.45) is 5.41 Å². The lowest BCUT2D eigenvalue weighted by Crippen LogP contribution is -2.48. The maximum Gasteiger partial charge on any atom is 0.228 e. The van der Waals surface area contributed by atoms with Crippen LogP contribution in [0.25, 0.3) is 0 Å². The Kier molecular flexibility index (Phi) is 5.18. The number of likely N-dealkylation sites (N-methyl/N-ethyl adjacent to an activating group) is 1. The summed E-state index contributed by atoms with van der Waals surface area (Å²) in [4.78, 5) is 14.8. The third-order valence-electron chi connectivity index (χ3n) is 4.41. The van der Waals surface area contributed by atoms with Crippen LogP contribution in [-0.2, 0) is 11.2 Å². The maximum absolute atomic E-state index is 12.8. The molecule has 0 spiro atoms. The first-order valence-electron chi connectivity index (χ1n) is 7.70. The van der Waals surface area contributed by atoms with E-state index in [0.29, 0.717) is 5.91 Å². The van der Waals surface area contributed by atoms with Crippen LogP contribution in [0.5, 0.6) is 0 Å². The summed E-state index contributed by atoms with van der Waals surface area (Å²) in [6.45, 7) is 7.74. The molecule has 1 aromatic carbocycles. The van der Waals surface area contributed by atoms with Crippen LogP contribution in [0.2, 0.25) is 0 Å². The number of hydrogen-bond acceptors (Lipinski definition) is 2. The molecule has 1 aromatic rings. The molecule has 110 valence electrons. The highest BCUT2D eigenvalue weighted by molar-refractivity contribution is 5.82. The van der Waals surface area contributed by atoms with Crippen LogP contribution >= 0.6 is 0 Å². The third-order valence-corrected chi connectivity index (χ3v) is 4.41. The van der Waals surface area contributed by atoms with E-state index in [0.717, 1.165) is 45.4 Å². The van der Waals surface area contributed by atoms with Gasteiger partial charge in [0.2, 0.25) is 5.91 Å². The average molecular weight is 274 g/mol. The number of benzene rings is 1. The second-order valence-electron chi connectivity index (χ2n) is 5.93. The molecular formula is C17H26N2O. The molecule has 2 rings (SSSR count). The van der Waals surface area contributed by atoms with Crippen molar-refractivity contribution in [2.45, 2.75) is 33.1 Å². The summed E-state index contributed by atoms with van der Waals surface area (Å²) in [6.07, 6.45) is 2.84. The first-order valence-corrected chi connectivity index (χ1v) is 7.70. The lowest BCUT2D eigenvalue weighted by molar-refractivity contribution is -0.142. The van der Waals surface area contributed by atoms with E-state index in [-0.39, 0.29) is 5.41 Å². The van der Waals surface area contributed by atoms with E-state index in [4.69, 9.17) is 0 Å². The second kappa shape index (κ2) is 6.89. The van der Waals surface area contributed by atoms with Gasteiger partial charge >= 0.3 is 0 Å². The maximum atomic E-state index is 12.8. The molecule has 1 N–H and O–H groups in total. The predicted molar refractivity (Wildman–Crippen MR) is 82.6 cm³/mol. The predicted octanol–water partition coefficient (Wildman–Crippen LogP) is 2.47. The minimum Gasteiger partial charge on any atom is -0.342 e. The Hall–Kier alpha value is -1.35. The largest absolute Gasteiger partial charge is 0.342 e. The standard InChI is InChI=1S/C17H26N2O/c1-3-19(14-9-15-7-5-4-6-8-15)16(20)17(2)10-12-18-13-11-17/h4-8,18H,3,9-14H2,1-2H3. The smallest absolute Gasteiger partial charge is 0.228 e. The molecule has 0 aliphatic carbocycles. The van der Waals surface area contributed by atoms with Gasteiger partial charge in [0.05, 0.1) is 0 Å².